The van der Waals surface area contributed by atoms with Gasteiger partial charge in [0.05, 0.1) is 0 Å². The van der Waals surface area contributed by atoms with Gasteiger partial charge in [-0.3, -0.25) is 0 Å². The third-order valence-corrected chi connectivity index (χ3v) is 15.3. The van der Waals surface area contributed by atoms with Crippen LogP contribution in [0.3, 0.4) is 0 Å². The Morgan fingerprint density at radius 2 is 0.667 bits per heavy atom. The molecule has 1 fully saturated rings. The minimum Gasteiger partial charge on any atom is -0.399 e. The van der Waals surface area contributed by atoms with E-state index in [1.54, 1.807) is 0 Å². The normalized spacial score (nSPS) is 17.5. The van der Waals surface area contributed by atoms with Crippen LogP contribution >= 0.6 is 0 Å². The van der Waals surface area contributed by atoms with Crippen molar-refractivity contribution < 1.29 is 0 Å². The van der Waals surface area contributed by atoms with Crippen molar-refractivity contribution in [2.24, 2.45) is 5.92 Å². The average Bonchev–Trinajstić information content (AvgIpc) is 3.31. The van der Waals surface area contributed by atoms with Gasteiger partial charge >= 0.3 is 0 Å². The summed E-state index contributed by atoms with van der Waals surface area (Å²) in [5.74, 6) is 1.66. The molecule has 4 N–H and O–H groups in total. The van der Waals surface area contributed by atoms with E-state index in [1.807, 2.05) is 0 Å². The van der Waals surface area contributed by atoms with Crippen LogP contribution in [0.25, 0.3) is 0 Å². The van der Waals surface area contributed by atoms with Crippen molar-refractivity contribution in [2.75, 3.05) is 11.5 Å². The van der Waals surface area contributed by atoms with Gasteiger partial charge in [-0.15, -0.1) is 0 Å². The Morgan fingerprint density at radius 1 is 0.381 bits per heavy atom. The van der Waals surface area contributed by atoms with Gasteiger partial charge in [0, 0.05) is 28.6 Å². The predicted molar refractivity (Wildman–Crippen MR) is 278 cm³/mol. The van der Waals surface area contributed by atoms with Gasteiger partial charge in [-0.1, -0.05) is 248 Å². The number of anilines is 2. The first-order valence-electron chi connectivity index (χ1n) is 26.9. The molecule has 0 aliphatic heterocycles. The second kappa shape index (κ2) is 29.1. The summed E-state index contributed by atoms with van der Waals surface area (Å²) in [6.45, 7) is 6.93. The second-order valence-electron chi connectivity index (χ2n) is 20.1. The van der Waals surface area contributed by atoms with E-state index in [9.17, 15) is 0 Å². The lowest BCUT2D eigenvalue weighted by atomic mass is 9.62. The maximum Gasteiger partial charge on any atom is 0.0314 e. The third kappa shape index (κ3) is 16.8. The SMILES string of the molecule is CCCCCCCCCCCC1CCC(c2ccc(C(CCCCCCCCC)c3ccc(N)cc3)cc2)(c2ccc(C(CCCCCCCCC)c3ccc(N)cc3)cc2)CC1. The lowest BCUT2D eigenvalue weighted by molar-refractivity contribution is 0.250. The molecule has 1 aliphatic rings. The topological polar surface area (TPSA) is 52.0 Å². The smallest absolute Gasteiger partial charge is 0.0314 e. The number of nitrogen functional groups attached to an aromatic ring is 2. The van der Waals surface area contributed by atoms with Gasteiger partial charge in [0.2, 0.25) is 0 Å². The lowest BCUT2D eigenvalue weighted by Crippen LogP contribution is -2.33. The summed E-state index contributed by atoms with van der Waals surface area (Å²) in [6, 6.07) is 37.7. The van der Waals surface area contributed by atoms with E-state index in [2.05, 4.69) is 118 Å². The summed E-state index contributed by atoms with van der Waals surface area (Å²) in [6.07, 6.45) is 40.5. The molecular weight excluding hydrogens is 761 g/mol. The molecule has 2 nitrogen and oxygen atoms in total. The van der Waals surface area contributed by atoms with Gasteiger partial charge in [0.25, 0.3) is 0 Å². The Kier molecular flexibility index (Phi) is 23.3. The molecule has 2 heteroatoms. The predicted octanol–water partition coefficient (Wildman–Crippen LogP) is 18.8. The van der Waals surface area contributed by atoms with Crippen LogP contribution in [0.15, 0.2) is 97.1 Å². The van der Waals surface area contributed by atoms with Crippen molar-refractivity contribution >= 4 is 11.4 Å². The van der Waals surface area contributed by atoms with Gasteiger partial charge in [0.1, 0.15) is 0 Å². The Morgan fingerprint density at radius 3 is 1.00 bits per heavy atom. The molecule has 63 heavy (non-hydrogen) atoms. The Labute approximate surface area is 388 Å². The van der Waals surface area contributed by atoms with Crippen molar-refractivity contribution in [3.8, 4) is 0 Å². The van der Waals surface area contributed by atoms with Gasteiger partial charge in [-0.05, 0) is 102 Å². The van der Waals surface area contributed by atoms with E-state index in [4.69, 9.17) is 11.5 Å². The number of nitrogens with two attached hydrogens (primary N) is 2. The fourth-order valence-corrected chi connectivity index (χ4v) is 11.1. The highest BCUT2D eigenvalue weighted by atomic mass is 14.5. The third-order valence-electron chi connectivity index (χ3n) is 15.3. The number of hydrogen-bond acceptors (Lipinski definition) is 2. The molecule has 0 spiro atoms. The van der Waals surface area contributed by atoms with Crippen LogP contribution in [-0.2, 0) is 5.41 Å². The van der Waals surface area contributed by atoms with E-state index in [1.165, 1.54) is 226 Å². The summed E-state index contributed by atoms with van der Waals surface area (Å²) in [7, 11) is 0. The first kappa shape index (κ1) is 50.5. The van der Waals surface area contributed by atoms with Crippen LogP contribution in [0.5, 0.6) is 0 Å². The lowest BCUT2D eigenvalue weighted by Gasteiger charge is -2.42. The van der Waals surface area contributed by atoms with E-state index < -0.39 is 0 Å². The van der Waals surface area contributed by atoms with Crippen LogP contribution < -0.4 is 11.5 Å². The minimum atomic E-state index is 0.0520. The molecule has 4 aromatic carbocycles. The molecule has 4 aromatic rings. The maximum atomic E-state index is 6.19. The maximum absolute atomic E-state index is 6.19. The molecule has 1 aliphatic carbocycles. The number of rotatable bonds is 32. The van der Waals surface area contributed by atoms with Crippen LogP contribution in [0.2, 0.25) is 0 Å². The number of hydrogen-bond donors (Lipinski definition) is 2. The molecule has 0 heterocycles. The molecule has 0 aromatic heterocycles. The van der Waals surface area contributed by atoms with Crippen LogP contribution in [0.4, 0.5) is 11.4 Å². The molecular formula is C61H92N2. The quantitative estimate of drug-likeness (QED) is 0.0380. The van der Waals surface area contributed by atoms with Crippen LogP contribution in [-0.4, -0.2) is 0 Å². The zero-order valence-electron chi connectivity index (χ0n) is 40.8. The average molecular weight is 853 g/mol. The summed E-state index contributed by atoms with van der Waals surface area (Å²) in [4.78, 5) is 0. The van der Waals surface area contributed by atoms with Gasteiger partial charge in [-0.25, -0.2) is 0 Å². The summed E-state index contributed by atoms with van der Waals surface area (Å²) in [5.41, 5.74) is 22.9. The monoisotopic (exact) mass is 853 g/mol. The molecule has 1 saturated carbocycles. The van der Waals surface area contributed by atoms with E-state index >= 15 is 0 Å². The highest BCUT2D eigenvalue weighted by Gasteiger charge is 2.38. The van der Waals surface area contributed by atoms with Crippen LogP contribution in [0.1, 0.15) is 259 Å². The largest absolute Gasteiger partial charge is 0.399 e. The van der Waals surface area contributed by atoms with Crippen molar-refractivity contribution in [3.63, 3.8) is 0 Å². The number of benzene rings is 4. The first-order chi connectivity index (χ1) is 31.0. The fraction of sp³-hybridized carbons (Fsp3) is 0.607. The van der Waals surface area contributed by atoms with Gasteiger partial charge in [-0.2, -0.15) is 0 Å². The molecule has 0 amide bonds. The second-order valence-corrected chi connectivity index (χ2v) is 20.1. The van der Waals surface area contributed by atoms with E-state index in [0.29, 0.717) is 11.8 Å². The zero-order valence-corrected chi connectivity index (χ0v) is 40.8. The van der Waals surface area contributed by atoms with Crippen molar-refractivity contribution in [1.29, 1.82) is 0 Å². The molecule has 0 saturated heterocycles. The Balaban J connectivity index is 1.34. The standard InChI is InChI=1S/C61H92N2/c1-4-7-10-13-16-17-20-21-24-27-50-46-48-61(49-47-50,55-38-30-51(31-39-55)59(53-34-42-57(62)43-35-53)28-25-22-18-14-11-8-5-2)56-40-32-52(33-41-56)60(54-36-44-58(63)45-37-54)29-26-23-19-15-12-9-6-3/h30-45,50,59-60H,4-29,46-49,62-63H2,1-3H3. The zero-order chi connectivity index (χ0) is 44.4. The Hall–Kier alpha value is -3.52. The summed E-state index contributed by atoms with van der Waals surface area (Å²) in [5, 5.41) is 0. The molecule has 5 rings (SSSR count). The van der Waals surface area contributed by atoms with Gasteiger partial charge < -0.3 is 11.5 Å². The summed E-state index contributed by atoms with van der Waals surface area (Å²) >= 11 is 0. The Bertz CT molecular complexity index is 1620. The fourth-order valence-electron chi connectivity index (χ4n) is 11.1. The number of unbranched alkanes of at least 4 members (excludes halogenated alkanes) is 20. The molecule has 0 radical (unpaired) electrons. The first-order valence-corrected chi connectivity index (χ1v) is 26.9. The van der Waals surface area contributed by atoms with Crippen molar-refractivity contribution in [2.45, 2.75) is 231 Å². The highest BCUT2D eigenvalue weighted by Crippen LogP contribution is 2.48. The molecule has 2 unspecified atom stereocenters. The molecule has 0 bridgehead atoms. The summed E-state index contributed by atoms with van der Waals surface area (Å²) < 4.78 is 0. The minimum absolute atomic E-state index is 0.0520. The van der Waals surface area contributed by atoms with Crippen LogP contribution in [0, 0.1) is 5.92 Å². The van der Waals surface area contributed by atoms with Crippen molar-refractivity contribution in [1.82, 2.24) is 0 Å². The van der Waals surface area contributed by atoms with E-state index in [0.717, 1.165) is 17.3 Å². The van der Waals surface area contributed by atoms with E-state index in [-0.39, 0.29) is 5.41 Å². The van der Waals surface area contributed by atoms with Gasteiger partial charge in [0.15, 0.2) is 0 Å². The highest BCUT2D eigenvalue weighted by molar-refractivity contribution is 5.47. The molecule has 346 valence electrons. The van der Waals surface area contributed by atoms with Crippen molar-refractivity contribution in [3.05, 3.63) is 130 Å². The molecule has 2 atom stereocenters.